The van der Waals surface area contributed by atoms with Crippen LogP contribution < -0.4 is 5.43 Å². The summed E-state index contributed by atoms with van der Waals surface area (Å²) in [5.41, 5.74) is 4.08. The van der Waals surface area contributed by atoms with E-state index in [0.29, 0.717) is 21.3 Å². The first-order valence-electron chi connectivity index (χ1n) is 6.06. The van der Waals surface area contributed by atoms with Crippen LogP contribution >= 0.6 is 23.2 Å². The quantitative estimate of drug-likeness (QED) is 0.666. The van der Waals surface area contributed by atoms with Gasteiger partial charge in [-0.15, -0.1) is 0 Å². The Morgan fingerprint density at radius 2 is 1.86 bits per heavy atom. The number of hydrogen-bond acceptors (Lipinski definition) is 3. The van der Waals surface area contributed by atoms with Crippen molar-refractivity contribution in [2.45, 2.75) is 6.92 Å². The lowest BCUT2D eigenvalue weighted by molar-refractivity contribution is 0.0954. The van der Waals surface area contributed by atoms with Gasteiger partial charge in [-0.3, -0.25) is 4.79 Å². The van der Waals surface area contributed by atoms with Crippen LogP contribution in [0.3, 0.4) is 0 Å². The number of nitrogens with zero attached hydrogens (tertiary/aromatic N) is 1. The Bertz CT molecular complexity index is 715. The number of amides is 1. The van der Waals surface area contributed by atoms with Crippen molar-refractivity contribution >= 4 is 34.8 Å². The van der Waals surface area contributed by atoms with Gasteiger partial charge in [0.05, 0.1) is 15.8 Å². The number of carbonyl (C=O) groups excluding carboxylic acids is 1. The van der Waals surface area contributed by atoms with Crippen LogP contribution in [0.1, 0.15) is 22.8 Å². The number of phenols is 1. The highest BCUT2D eigenvalue weighted by Crippen LogP contribution is 2.22. The maximum Gasteiger partial charge on any atom is 0.271 e. The molecular formula is C15H12Cl2N2O2. The predicted molar refractivity (Wildman–Crippen MR) is 84.2 cm³/mol. The molecule has 21 heavy (non-hydrogen) atoms. The van der Waals surface area contributed by atoms with Crippen molar-refractivity contribution in [2.75, 3.05) is 0 Å². The molecule has 4 nitrogen and oxygen atoms in total. The van der Waals surface area contributed by atoms with Gasteiger partial charge < -0.3 is 5.11 Å². The van der Waals surface area contributed by atoms with Gasteiger partial charge in [0.15, 0.2) is 0 Å². The van der Waals surface area contributed by atoms with Gasteiger partial charge in [-0.2, -0.15) is 5.10 Å². The number of rotatable bonds is 3. The molecule has 1 amide bonds. The van der Waals surface area contributed by atoms with Gasteiger partial charge in [0.25, 0.3) is 5.91 Å². The van der Waals surface area contributed by atoms with Crippen LogP contribution in [0, 0.1) is 0 Å². The Labute approximate surface area is 132 Å². The number of hydrazone groups is 1. The minimum atomic E-state index is -0.412. The van der Waals surface area contributed by atoms with E-state index in [1.807, 2.05) is 0 Å². The minimum absolute atomic E-state index is 0.0211. The Hall–Kier alpha value is -2.04. The standard InChI is InChI=1S/C15H12Cl2N2O2/c1-9(10-5-6-13(16)14(17)8-10)18-19-15(21)11-3-2-4-12(20)7-11/h2-8,20H,1H3,(H,19,21)/b18-9+. The fourth-order valence-electron chi connectivity index (χ4n) is 1.63. The Kier molecular flexibility index (Phi) is 4.83. The second kappa shape index (κ2) is 6.61. The second-order valence-corrected chi connectivity index (χ2v) is 5.13. The Morgan fingerprint density at radius 1 is 1.10 bits per heavy atom. The number of carbonyl (C=O) groups is 1. The molecule has 0 saturated carbocycles. The molecule has 2 N–H and O–H groups in total. The Morgan fingerprint density at radius 3 is 2.52 bits per heavy atom. The van der Waals surface area contributed by atoms with Crippen molar-refractivity contribution in [1.82, 2.24) is 5.43 Å². The smallest absolute Gasteiger partial charge is 0.271 e. The zero-order valence-electron chi connectivity index (χ0n) is 11.1. The first kappa shape index (κ1) is 15.4. The molecule has 0 aliphatic rings. The fraction of sp³-hybridized carbons (Fsp3) is 0.0667. The lowest BCUT2D eigenvalue weighted by Crippen LogP contribution is -2.19. The van der Waals surface area contributed by atoms with Crippen molar-refractivity contribution in [2.24, 2.45) is 5.10 Å². The fourth-order valence-corrected chi connectivity index (χ4v) is 1.93. The third-order valence-corrected chi connectivity index (χ3v) is 3.51. The van der Waals surface area contributed by atoms with Gasteiger partial charge in [0, 0.05) is 5.56 Å². The van der Waals surface area contributed by atoms with E-state index in [0.717, 1.165) is 5.56 Å². The summed E-state index contributed by atoms with van der Waals surface area (Å²) in [6.07, 6.45) is 0. The maximum absolute atomic E-state index is 11.9. The van der Waals surface area contributed by atoms with Gasteiger partial charge in [-0.1, -0.05) is 35.3 Å². The highest BCUT2D eigenvalue weighted by Gasteiger charge is 2.06. The molecule has 0 radical (unpaired) electrons. The third kappa shape index (κ3) is 3.97. The number of hydrogen-bond donors (Lipinski definition) is 2. The molecule has 108 valence electrons. The number of nitrogens with one attached hydrogen (secondary N) is 1. The van der Waals surface area contributed by atoms with Gasteiger partial charge in [-0.25, -0.2) is 5.43 Å². The van der Waals surface area contributed by atoms with Crippen molar-refractivity contribution in [1.29, 1.82) is 0 Å². The van der Waals surface area contributed by atoms with Crippen molar-refractivity contribution in [3.63, 3.8) is 0 Å². The zero-order valence-corrected chi connectivity index (χ0v) is 12.6. The molecule has 0 unspecified atom stereocenters. The number of halogens is 2. The predicted octanol–water partition coefficient (Wildman–Crippen LogP) is 3.85. The van der Waals surface area contributed by atoms with E-state index < -0.39 is 5.91 Å². The van der Waals surface area contributed by atoms with E-state index in [1.165, 1.54) is 12.1 Å². The monoisotopic (exact) mass is 322 g/mol. The second-order valence-electron chi connectivity index (χ2n) is 4.32. The van der Waals surface area contributed by atoms with E-state index in [2.05, 4.69) is 10.5 Å². The molecule has 0 fully saturated rings. The molecule has 0 aliphatic carbocycles. The molecule has 6 heteroatoms. The molecule has 0 atom stereocenters. The topological polar surface area (TPSA) is 61.7 Å². The van der Waals surface area contributed by atoms with Crippen LogP contribution in [0.15, 0.2) is 47.6 Å². The van der Waals surface area contributed by atoms with E-state index in [1.54, 1.807) is 37.3 Å². The van der Waals surface area contributed by atoms with Gasteiger partial charge >= 0.3 is 0 Å². The SMILES string of the molecule is C/C(=N\NC(=O)c1cccc(O)c1)c1ccc(Cl)c(Cl)c1. The molecule has 0 saturated heterocycles. The van der Waals surface area contributed by atoms with Crippen LogP contribution in [-0.2, 0) is 0 Å². The van der Waals surface area contributed by atoms with E-state index >= 15 is 0 Å². The number of benzene rings is 2. The normalized spacial score (nSPS) is 11.3. The average Bonchev–Trinajstić information content (AvgIpc) is 2.47. The van der Waals surface area contributed by atoms with Crippen molar-refractivity contribution in [3.05, 3.63) is 63.6 Å². The summed E-state index contributed by atoms with van der Waals surface area (Å²) in [5, 5.41) is 14.2. The van der Waals surface area contributed by atoms with Crippen LogP contribution in [0.5, 0.6) is 5.75 Å². The van der Waals surface area contributed by atoms with Crippen LogP contribution in [-0.4, -0.2) is 16.7 Å². The zero-order chi connectivity index (χ0) is 15.4. The van der Waals surface area contributed by atoms with Crippen molar-refractivity contribution < 1.29 is 9.90 Å². The van der Waals surface area contributed by atoms with Gasteiger partial charge in [0.1, 0.15) is 5.75 Å². The molecule has 0 spiro atoms. The summed E-state index contributed by atoms with van der Waals surface area (Å²) in [7, 11) is 0. The molecule has 0 aromatic heterocycles. The highest BCUT2D eigenvalue weighted by molar-refractivity contribution is 6.42. The molecule has 0 aliphatic heterocycles. The van der Waals surface area contributed by atoms with Crippen LogP contribution in [0.25, 0.3) is 0 Å². The first-order valence-corrected chi connectivity index (χ1v) is 6.82. The third-order valence-electron chi connectivity index (χ3n) is 2.77. The van der Waals surface area contributed by atoms with Gasteiger partial charge in [0.2, 0.25) is 0 Å². The molecule has 0 bridgehead atoms. The first-order chi connectivity index (χ1) is 9.97. The summed E-state index contributed by atoms with van der Waals surface area (Å²) in [5.74, 6) is -0.391. The summed E-state index contributed by atoms with van der Waals surface area (Å²) in [6, 6.07) is 11.1. The minimum Gasteiger partial charge on any atom is -0.508 e. The molecular weight excluding hydrogens is 311 g/mol. The van der Waals surface area contributed by atoms with Crippen molar-refractivity contribution in [3.8, 4) is 5.75 Å². The maximum atomic E-state index is 11.9. The van der Waals surface area contributed by atoms with Gasteiger partial charge in [-0.05, 0) is 42.8 Å². The average molecular weight is 323 g/mol. The lowest BCUT2D eigenvalue weighted by atomic mass is 10.1. The molecule has 2 rings (SSSR count). The summed E-state index contributed by atoms with van der Waals surface area (Å²) in [6.45, 7) is 1.74. The summed E-state index contributed by atoms with van der Waals surface area (Å²) in [4.78, 5) is 11.9. The lowest BCUT2D eigenvalue weighted by Gasteiger charge is -2.04. The van der Waals surface area contributed by atoms with E-state index in [9.17, 15) is 9.90 Å². The summed E-state index contributed by atoms with van der Waals surface area (Å²) >= 11 is 11.8. The van der Waals surface area contributed by atoms with Crippen LogP contribution in [0.2, 0.25) is 10.0 Å². The number of aromatic hydroxyl groups is 1. The largest absolute Gasteiger partial charge is 0.508 e. The molecule has 0 heterocycles. The number of phenolic OH excluding ortho intramolecular Hbond substituents is 1. The van der Waals surface area contributed by atoms with E-state index in [-0.39, 0.29) is 5.75 Å². The Balaban J connectivity index is 2.13. The van der Waals surface area contributed by atoms with E-state index in [4.69, 9.17) is 23.2 Å². The highest BCUT2D eigenvalue weighted by atomic mass is 35.5. The summed E-state index contributed by atoms with van der Waals surface area (Å²) < 4.78 is 0. The molecule has 2 aromatic rings. The van der Waals surface area contributed by atoms with Crippen LogP contribution in [0.4, 0.5) is 0 Å². The molecule has 2 aromatic carbocycles.